The molecule has 6 heteroatoms. The summed E-state index contributed by atoms with van der Waals surface area (Å²) < 4.78 is 4.92. The van der Waals surface area contributed by atoms with Crippen LogP contribution in [0.1, 0.15) is 0 Å². The third kappa shape index (κ3) is 2.42. The minimum atomic E-state index is -1.26. The Hall–Kier alpha value is -0.680. The average Bonchev–Trinajstić information content (AvgIpc) is 2.46. The lowest BCUT2D eigenvalue weighted by Crippen LogP contribution is -2.34. The van der Waals surface area contributed by atoms with Crippen LogP contribution in [0, 0.1) is 12.3 Å². The van der Waals surface area contributed by atoms with Crippen molar-refractivity contribution in [3.8, 4) is 12.3 Å². The topological polar surface area (TPSA) is 88.4 Å². The summed E-state index contributed by atoms with van der Waals surface area (Å²) in [6.07, 6.45) is 0.427. The summed E-state index contributed by atoms with van der Waals surface area (Å²) >= 11 is 0. The smallest absolute Gasteiger partial charge is 0.220 e. The van der Waals surface area contributed by atoms with E-state index < -0.39 is 31.2 Å². The SMILES string of the molecule is C#CCOOC1O[C@H](CO)[C@@H](O)[C@H]1O. The van der Waals surface area contributed by atoms with Crippen LogP contribution in [0.3, 0.4) is 0 Å². The van der Waals surface area contributed by atoms with Crippen molar-refractivity contribution in [3.63, 3.8) is 0 Å². The molecule has 0 spiro atoms. The molecule has 1 unspecified atom stereocenters. The van der Waals surface area contributed by atoms with Gasteiger partial charge in [-0.1, -0.05) is 5.92 Å². The van der Waals surface area contributed by atoms with Gasteiger partial charge in [0.1, 0.15) is 24.9 Å². The third-order valence-corrected chi connectivity index (χ3v) is 1.80. The van der Waals surface area contributed by atoms with E-state index in [1.165, 1.54) is 0 Å². The van der Waals surface area contributed by atoms with Gasteiger partial charge in [0.05, 0.1) is 6.61 Å². The zero-order valence-corrected chi connectivity index (χ0v) is 7.37. The first kappa shape index (κ1) is 11.4. The monoisotopic (exact) mass is 204 g/mol. The molecule has 0 aromatic heterocycles. The van der Waals surface area contributed by atoms with Crippen molar-refractivity contribution in [1.29, 1.82) is 0 Å². The molecular weight excluding hydrogens is 192 g/mol. The summed E-state index contributed by atoms with van der Waals surface area (Å²) in [6, 6.07) is 0. The summed E-state index contributed by atoms with van der Waals surface area (Å²) in [5.41, 5.74) is 0. The van der Waals surface area contributed by atoms with Gasteiger partial charge in [0.25, 0.3) is 0 Å². The number of rotatable bonds is 4. The zero-order valence-electron chi connectivity index (χ0n) is 7.37. The van der Waals surface area contributed by atoms with Crippen LogP contribution < -0.4 is 0 Å². The molecule has 0 bridgehead atoms. The van der Waals surface area contributed by atoms with Gasteiger partial charge in [0, 0.05) is 0 Å². The third-order valence-electron chi connectivity index (χ3n) is 1.80. The molecule has 0 aliphatic carbocycles. The fourth-order valence-electron chi connectivity index (χ4n) is 1.08. The van der Waals surface area contributed by atoms with Crippen molar-refractivity contribution in [3.05, 3.63) is 0 Å². The van der Waals surface area contributed by atoms with Crippen molar-refractivity contribution >= 4 is 0 Å². The molecule has 1 aliphatic rings. The van der Waals surface area contributed by atoms with Gasteiger partial charge < -0.3 is 20.1 Å². The van der Waals surface area contributed by atoms with Crippen molar-refractivity contribution in [2.75, 3.05) is 13.2 Å². The molecule has 3 N–H and O–H groups in total. The molecule has 4 atom stereocenters. The lowest BCUT2D eigenvalue weighted by molar-refractivity contribution is -0.379. The molecule has 0 saturated carbocycles. The highest BCUT2D eigenvalue weighted by atomic mass is 17.2. The summed E-state index contributed by atoms with van der Waals surface area (Å²) in [4.78, 5) is 9.04. The first-order valence-corrected chi connectivity index (χ1v) is 4.05. The van der Waals surface area contributed by atoms with Gasteiger partial charge in [0.15, 0.2) is 0 Å². The van der Waals surface area contributed by atoms with Crippen molar-refractivity contribution in [2.45, 2.75) is 24.6 Å². The van der Waals surface area contributed by atoms with Crippen LogP contribution in [0.2, 0.25) is 0 Å². The van der Waals surface area contributed by atoms with Crippen LogP contribution in [-0.2, 0) is 14.5 Å². The van der Waals surface area contributed by atoms with E-state index in [1.807, 2.05) is 0 Å². The average molecular weight is 204 g/mol. The van der Waals surface area contributed by atoms with E-state index in [-0.39, 0.29) is 6.61 Å². The highest BCUT2D eigenvalue weighted by Gasteiger charge is 2.43. The van der Waals surface area contributed by atoms with E-state index in [4.69, 9.17) is 16.3 Å². The maximum Gasteiger partial charge on any atom is 0.220 e. The lowest BCUT2D eigenvalue weighted by atomic mass is 10.1. The highest BCUT2D eigenvalue weighted by Crippen LogP contribution is 2.21. The predicted octanol–water partition coefficient (Wildman–Crippen LogP) is -1.99. The van der Waals surface area contributed by atoms with E-state index in [9.17, 15) is 10.2 Å². The normalized spacial score (nSPS) is 37.0. The first-order valence-electron chi connectivity index (χ1n) is 4.05. The van der Waals surface area contributed by atoms with Crippen molar-refractivity contribution < 1.29 is 29.8 Å². The van der Waals surface area contributed by atoms with Crippen LogP contribution in [-0.4, -0.2) is 53.1 Å². The summed E-state index contributed by atoms with van der Waals surface area (Å²) in [5.74, 6) is 2.15. The zero-order chi connectivity index (χ0) is 10.6. The number of terminal acetylenes is 1. The van der Waals surface area contributed by atoms with Gasteiger partial charge in [0.2, 0.25) is 6.29 Å². The molecule has 6 nitrogen and oxygen atoms in total. The Labute approximate surface area is 80.9 Å². The Morgan fingerprint density at radius 3 is 2.57 bits per heavy atom. The largest absolute Gasteiger partial charge is 0.394 e. The van der Waals surface area contributed by atoms with Gasteiger partial charge in [-0.25, -0.2) is 9.78 Å². The molecule has 14 heavy (non-hydrogen) atoms. The Morgan fingerprint density at radius 1 is 1.36 bits per heavy atom. The van der Waals surface area contributed by atoms with Gasteiger partial charge >= 0.3 is 0 Å². The highest BCUT2D eigenvalue weighted by molar-refractivity contribution is 4.86. The minimum absolute atomic E-state index is 0.0908. The quantitative estimate of drug-likeness (QED) is 0.212. The van der Waals surface area contributed by atoms with E-state index in [0.717, 1.165) is 0 Å². The fraction of sp³-hybridized carbons (Fsp3) is 0.750. The molecule has 1 rings (SSSR count). The molecule has 1 heterocycles. The van der Waals surface area contributed by atoms with Gasteiger partial charge in [-0.2, -0.15) is 0 Å². The molecule has 0 aromatic carbocycles. The number of aliphatic hydroxyl groups excluding tert-OH is 3. The van der Waals surface area contributed by atoms with Crippen LogP contribution in [0.5, 0.6) is 0 Å². The maximum absolute atomic E-state index is 9.32. The van der Waals surface area contributed by atoms with Crippen LogP contribution in [0.4, 0.5) is 0 Å². The molecule has 0 amide bonds. The van der Waals surface area contributed by atoms with E-state index in [0.29, 0.717) is 0 Å². The molecule has 80 valence electrons. The Bertz CT molecular complexity index is 212. The summed E-state index contributed by atoms with van der Waals surface area (Å²) in [5, 5.41) is 27.3. The number of hydrogen-bond donors (Lipinski definition) is 3. The van der Waals surface area contributed by atoms with E-state index in [1.54, 1.807) is 0 Å². The number of ether oxygens (including phenoxy) is 1. The Kier molecular flexibility index (Phi) is 4.28. The van der Waals surface area contributed by atoms with Gasteiger partial charge in [-0.3, -0.25) is 0 Å². The van der Waals surface area contributed by atoms with Crippen molar-refractivity contribution in [2.24, 2.45) is 0 Å². The molecule has 1 aliphatic heterocycles. The Morgan fingerprint density at radius 2 is 2.07 bits per heavy atom. The van der Waals surface area contributed by atoms with Crippen LogP contribution in [0.25, 0.3) is 0 Å². The van der Waals surface area contributed by atoms with E-state index in [2.05, 4.69) is 15.7 Å². The lowest BCUT2D eigenvalue weighted by Gasteiger charge is -2.12. The fourth-order valence-corrected chi connectivity index (χ4v) is 1.08. The van der Waals surface area contributed by atoms with E-state index >= 15 is 0 Å². The van der Waals surface area contributed by atoms with Crippen molar-refractivity contribution in [1.82, 2.24) is 0 Å². The summed E-state index contributed by atoms with van der Waals surface area (Å²) in [7, 11) is 0. The van der Waals surface area contributed by atoms with Crippen LogP contribution in [0.15, 0.2) is 0 Å². The van der Waals surface area contributed by atoms with Crippen LogP contribution >= 0.6 is 0 Å². The second-order valence-electron chi connectivity index (χ2n) is 2.77. The molecule has 1 saturated heterocycles. The first-order chi connectivity index (χ1) is 6.70. The standard InChI is InChI=1S/C8H12O6/c1-2-3-12-14-8-7(11)6(10)5(4-9)13-8/h1,5-11H,3-4H2/t5-,6-,7-,8?/m1/s1. The second kappa shape index (κ2) is 5.26. The predicted molar refractivity (Wildman–Crippen MR) is 43.6 cm³/mol. The number of hydrogen-bond acceptors (Lipinski definition) is 6. The van der Waals surface area contributed by atoms with Gasteiger partial charge in [-0.05, 0) is 0 Å². The van der Waals surface area contributed by atoms with Gasteiger partial charge in [-0.15, -0.1) is 6.42 Å². The molecule has 0 radical (unpaired) electrons. The minimum Gasteiger partial charge on any atom is -0.394 e. The summed E-state index contributed by atoms with van der Waals surface area (Å²) in [6.45, 7) is -0.500. The molecule has 1 fully saturated rings. The Balaban J connectivity index is 2.37. The molecular formula is C8H12O6. The molecule has 0 aromatic rings. The number of aliphatic hydroxyl groups is 3. The maximum atomic E-state index is 9.32. The second-order valence-corrected chi connectivity index (χ2v) is 2.77.